The van der Waals surface area contributed by atoms with Gasteiger partial charge in [-0.2, -0.15) is 13.2 Å². The van der Waals surface area contributed by atoms with Crippen LogP contribution in [-0.4, -0.2) is 21.6 Å². The molecule has 7 nitrogen and oxygen atoms in total. The summed E-state index contributed by atoms with van der Waals surface area (Å²) in [6.07, 6.45) is -3.54. The Hall–Kier alpha value is -5.00. The number of amides is 1. The third-order valence-corrected chi connectivity index (χ3v) is 8.03. The van der Waals surface area contributed by atoms with Crippen molar-refractivity contribution in [3.05, 3.63) is 117 Å². The number of ether oxygens (including phenoxy) is 1. The summed E-state index contributed by atoms with van der Waals surface area (Å²) in [5.41, 5.74) is -1.03. The predicted octanol–water partition coefficient (Wildman–Crippen LogP) is 7.03. The minimum atomic E-state index is -4.87. The van der Waals surface area contributed by atoms with Gasteiger partial charge in [0.2, 0.25) is 5.91 Å². The number of aliphatic carboxylic acids is 1. The van der Waals surface area contributed by atoms with Crippen molar-refractivity contribution in [2.45, 2.75) is 50.4 Å². The minimum Gasteiger partial charge on any atom is -0.481 e. The van der Waals surface area contributed by atoms with Crippen LogP contribution in [0.1, 0.15) is 65.1 Å². The molecule has 1 aliphatic heterocycles. The fourth-order valence-electron chi connectivity index (χ4n) is 5.74. The molecule has 6 rings (SSSR count). The van der Waals surface area contributed by atoms with Crippen LogP contribution >= 0.6 is 0 Å². The van der Waals surface area contributed by atoms with E-state index in [-0.39, 0.29) is 23.3 Å². The maximum absolute atomic E-state index is 16.2. The quantitative estimate of drug-likeness (QED) is 0.238. The van der Waals surface area contributed by atoms with Crippen LogP contribution in [0.15, 0.2) is 71.7 Å². The Kier molecular flexibility index (Phi) is 7.46. The lowest BCUT2D eigenvalue weighted by atomic mass is 9.90. The van der Waals surface area contributed by atoms with Crippen LogP contribution in [-0.2, 0) is 15.8 Å². The Bertz CT molecular complexity index is 1910. The summed E-state index contributed by atoms with van der Waals surface area (Å²) in [6, 6.07) is 9.08. The molecule has 2 atom stereocenters. The normalized spacial score (nSPS) is 18.0. The first-order valence-electron chi connectivity index (χ1n) is 14.0. The van der Waals surface area contributed by atoms with Crippen LogP contribution in [0, 0.1) is 18.6 Å². The van der Waals surface area contributed by atoms with E-state index in [2.05, 4.69) is 5.32 Å². The lowest BCUT2D eigenvalue weighted by Crippen LogP contribution is -2.40. The number of fused-ring (bicyclic) bond motifs is 6. The van der Waals surface area contributed by atoms with E-state index in [9.17, 15) is 32.7 Å². The fraction of sp³-hybridized carbons (Fsp3) is 0.242. The third kappa shape index (κ3) is 5.79. The van der Waals surface area contributed by atoms with Crippen molar-refractivity contribution in [2.75, 3.05) is 0 Å². The number of aryl methyl sites for hydroxylation is 1. The maximum atomic E-state index is 16.2. The largest absolute Gasteiger partial charge is 0.481 e. The second-order valence-corrected chi connectivity index (χ2v) is 11.2. The van der Waals surface area contributed by atoms with Gasteiger partial charge in [0, 0.05) is 29.0 Å². The molecule has 0 radical (unpaired) electrons. The molecule has 0 saturated heterocycles. The Morgan fingerprint density at radius 2 is 1.73 bits per heavy atom. The van der Waals surface area contributed by atoms with Crippen molar-refractivity contribution in [2.24, 2.45) is 0 Å². The zero-order valence-corrected chi connectivity index (χ0v) is 23.6. The van der Waals surface area contributed by atoms with E-state index in [0.717, 1.165) is 17.7 Å². The number of carboxylic acid groups (broad SMARTS) is 1. The van der Waals surface area contributed by atoms with Crippen molar-refractivity contribution < 1.29 is 41.4 Å². The van der Waals surface area contributed by atoms with Gasteiger partial charge < -0.3 is 15.2 Å². The lowest BCUT2D eigenvalue weighted by Gasteiger charge is -2.25. The Balaban J connectivity index is 1.63. The number of aromatic nitrogens is 1. The molecule has 1 aliphatic carbocycles. The molecule has 232 valence electrons. The molecule has 1 aromatic heterocycles. The van der Waals surface area contributed by atoms with E-state index in [4.69, 9.17) is 4.74 Å². The third-order valence-electron chi connectivity index (χ3n) is 8.03. The van der Waals surface area contributed by atoms with Gasteiger partial charge in [-0.25, -0.2) is 8.78 Å². The highest BCUT2D eigenvalue weighted by atomic mass is 19.4. The van der Waals surface area contributed by atoms with Gasteiger partial charge in [-0.05, 0) is 84.8 Å². The van der Waals surface area contributed by atoms with Crippen LogP contribution in [0.4, 0.5) is 22.0 Å². The summed E-state index contributed by atoms with van der Waals surface area (Å²) in [5, 5.41) is 12.2. The van der Waals surface area contributed by atoms with E-state index in [1.54, 1.807) is 31.2 Å². The second kappa shape index (κ2) is 11.2. The molecule has 2 heterocycles. The van der Waals surface area contributed by atoms with E-state index in [0.29, 0.717) is 52.1 Å². The molecular weight excluding hydrogens is 599 g/mol. The van der Waals surface area contributed by atoms with E-state index < -0.39 is 64.9 Å². The minimum absolute atomic E-state index is 0.0436. The first kappa shape index (κ1) is 30.0. The molecule has 4 aromatic rings. The molecule has 1 amide bonds. The summed E-state index contributed by atoms with van der Waals surface area (Å²) in [6.45, 7) is 1.81. The van der Waals surface area contributed by atoms with Crippen LogP contribution < -0.4 is 15.6 Å². The average Bonchev–Trinajstić information content (AvgIpc) is 3.80. The standard InChI is InChI=1S/C33H25F5N2O5/c1-16-3-2-4-26-29(16)18-11-21(17-5-6-17)30(35)23(12-18)25(15-28(42)43)39-32(44)31(22-14-20(45-26)7-8-24(22)34)40-10-9-19(13-27(40)41)33(36,37)38/h2-4,7-14,17,25,31H,5-6,15H2,1H3,(H,39,44)(H,42,43). The van der Waals surface area contributed by atoms with Crippen molar-refractivity contribution >= 4 is 11.9 Å². The molecule has 2 aliphatic rings. The van der Waals surface area contributed by atoms with Gasteiger partial charge in [0.15, 0.2) is 0 Å². The van der Waals surface area contributed by atoms with Crippen molar-refractivity contribution in [3.8, 4) is 22.6 Å². The number of rotatable bonds is 4. The monoisotopic (exact) mass is 624 g/mol. The summed E-state index contributed by atoms with van der Waals surface area (Å²) in [7, 11) is 0. The molecule has 2 N–H and O–H groups in total. The zero-order chi connectivity index (χ0) is 32.2. The van der Waals surface area contributed by atoms with Gasteiger partial charge in [-0.15, -0.1) is 0 Å². The molecule has 3 aromatic carbocycles. The Labute approximate surface area is 252 Å². The van der Waals surface area contributed by atoms with Crippen LogP contribution in [0.2, 0.25) is 0 Å². The van der Waals surface area contributed by atoms with Crippen LogP contribution in [0.3, 0.4) is 0 Å². The van der Waals surface area contributed by atoms with Crippen molar-refractivity contribution in [3.63, 3.8) is 0 Å². The number of hydrogen-bond acceptors (Lipinski definition) is 4. The van der Waals surface area contributed by atoms with E-state index in [1.807, 2.05) is 0 Å². The molecule has 1 saturated carbocycles. The number of hydrogen-bond donors (Lipinski definition) is 2. The van der Waals surface area contributed by atoms with Gasteiger partial charge in [0.25, 0.3) is 5.56 Å². The van der Waals surface area contributed by atoms with Gasteiger partial charge >= 0.3 is 12.1 Å². The topological polar surface area (TPSA) is 97.6 Å². The Morgan fingerprint density at radius 1 is 1.00 bits per heavy atom. The SMILES string of the molecule is Cc1cccc2c1-c1cc(C3CC3)c(F)c(c1)C(CC(=O)O)NC(=O)C(n1ccc(C(F)(F)F)cc1=O)c1cc(ccc1F)O2. The van der Waals surface area contributed by atoms with E-state index in [1.165, 1.54) is 12.1 Å². The first-order valence-corrected chi connectivity index (χ1v) is 14.0. The molecule has 12 heteroatoms. The number of carbonyl (C=O) groups is 2. The fourth-order valence-corrected chi connectivity index (χ4v) is 5.74. The molecule has 45 heavy (non-hydrogen) atoms. The summed E-state index contributed by atoms with van der Waals surface area (Å²) in [4.78, 5) is 39.0. The smallest absolute Gasteiger partial charge is 0.416 e. The summed E-state index contributed by atoms with van der Waals surface area (Å²) < 4.78 is 78.5. The van der Waals surface area contributed by atoms with Crippen molar-refractivity contribution in [1.29, 1.82) is 0 Å². The van der Waals surface area contributed by atoms with E-state index >= 15 is 8.78 Å². The highest BCUT2D eigenvalue weighted by molar-refractivity contribution is 5.85. The number of carboxylic acids is 1. The lowest BCUT2D eigenvalue weighted by molar-refractivity contribution is -0.138. The number of carbonyl (C=O) groups excluding carboxylic acids is 1. The number of alkyl halides is 3. The highest BCUT2D eigenvalue weighted by Gasteiger charge is 2.36. The van der Waals surface area contributed by atoms with Crippen LogP contribution in [0.25, 0.3) is 11.1 Å². The number of nitrogens with zero attached hydrogens (tertiary/aromatic N) is 1. The van der Waals surface area contributed by atoms with Gasteiger partial charge in [-0.1, -0.05) is 12.1 Å². The number of pyridine rings is 1. The molecule has 4 bridgehead atoms. The van der Waals surface area contributed by atoms with Gasteiger partial charge in [-0.3, -0.25) is 19.0 Å². The molecular formula is C33H25F5N2O5. The second-order valence-electron chi connectivity index (χ2n) is 11.2. The number of benzene rings is 3. The number of halogens is 5. The first-order chi connectivity index (χ1) is 21.3. The van der Waals surface area contributed by atoms with Gasteiger partial charge in [0.05, 0.1) is 18.0 Å². The molecule has 0 spiro atoms. The highest BCUT2D eigenvalue weighted by Crippen LogP contribution is 2.46. The Morgan fingerprint density at radius 3 is 2.40 bits per heavy atom. The molecule has 1 fully saturated rings. The van der Waals surface area contributed by atoms with Crippen molar-refractivity contribution in [1.82, 2.24) is 9.88 Å². The predicted molar refractivity (Wildman–Crippen MR) is 152 cm³/mol. The number of nitrogens with one attached hydrogen (secondary N) is 1. The van der Waals surface area contributed by atoms with Gasteiger partial charge in [0.1, 0.15) is 29.2 Å². The maximum Gasteiger partial charge on any atom is 0.416 e. The summed E-state index contributed by atoms with van der Waals surface area (Å²) >= 11 is 0. The zero-order valence-electron chi connectivity index (χ0n) is 23.6. The van der Waals surface area contributed by atoms with Crippen LogP contribution in [0.5, 0.6) is 11.5 Å². The molecule has 2 unspecified atom stereocenters. The summed E-state index contributed by atoms with van der Waals surface area (Å²) in [5.74, 6) is -4.04. The average molecular weight is 625 g/mol.